The van der Waals surface area contributed by atoms with Gasteiger partial charge in [0, 0.05) is 26.4 Å². The first-order chi connectivity index (χ1) is 7.77. The molecule has 3 nitrogen and oxygen atoms in total. The summed E-state index contributed by atoms with van der Waals surface area (Å²) in [6, 6.07) is 0.246. The maximum atomic E-state index is 6.10. The molecule has 2 N–H and O–H groups in total. The first-order valence-electron chi connectivity index (χ1n) is 6.64. The first-order valence-corrected chi connectivity index (χ1v) is 6.64. The van der Waals surface area contributed by atoms with Gasteiger partial charge in [-0.15, -0.1) is 0 Å². The van der Waals surface area contributed by atoms with E-state index in [2.05, 4.69) is 6.92 Å². The van der Waals surface area contributed by atoms with E-state index in [-0.39, 0.29) is 12.1 Å². The Balaban J connectivity index is 2.21. The third-order valence-corrected chi connectivity index (χ3v) is 3.47. The molecule has 0 bridgehead atoms. The van der Waals surface area contributed by atoms with Crippen LogP contribution in [0.2, 0.25) is 0 Å². The third-order valence-electron chi connectivity index (χ3n) is 3.47. The number of ether oxygens (including phenoxy) is 2. The Kier molecular flexibility index (Phi) is 7.01. The standard InChI is InChI=1S/C13H27NO2/c1-3-5-11-6-7-12(14)13(10-11)16-9-4-8-15-2/h11-13H,3-10,14H2,1-2H3. The molecular formula is C13H27NO2. The largest absolute Gasteiger partial charge is 0.385 e. The molecule has 0 radical (unpaired) electrons. The SMILES string of the molecule is CCCC1CCC(N)C(OCCCOC)C1. The molecule has 0 aromatic heterocycles. The molecule has 0 aliphatic heterocycles. The van der Waals surface area contributed by atoms with E-state index < -0.39 is 0 Å². The van der Waals surface area contributed by atoms with Gasteiger partial charge in [0.25, 0.3) is 0 Å². The van der Waals surface area contributed by atoms with Crippen molar-refractivity contribution in [1.82, 2.24) is 0 Å². The molecular weight excluding hydrogens is 202 g/mol. The molecule has 3 heteroatoms. The van der Waals surface area contributed by atoms with Gasteiger partial charge in [-0.25, -0.2) is 0 Å². The van der Waals surface area contributed by atoms with Crippen LogP contribution in [0.4, 0.5) is 0 Å². The van der Waals surface area contributed by atoms with E-state index in [4.69, 9.17) is 15.2 Å². The zero-order valence-electron chi connectivity index (χ0n) is 10.8. The monoisotopic (exact) mass is 229 g/mol. The van der Waals surface area contributed by atoms with Crippen LogP contribution in [0.5, 0.6) is 0 Å². The summed E-state index contributed by atoms with van der Waals surface area (Å²) < 4.78 is 10.9. The highest BCUT2D eigenvalue weighted by Crippen LogP contribution is 2.29. The molecule has 0 spiro atoms. The van der Waals surface area contributed by atoms with Gasteiger partial charge in [0.1, 0.15) is 0 Å². The quantitative estimate of drug-likeness (QED) is 0.681. The highest BCUT2D eigenvalue weighted by atomic mass is 16.5. The Morgan fingerprint density at radius 3 is 2.75 bits per heavy atom. The fourth-order valence-electron chi connectivity index (χ4n) is 2.54. The van der Waals surface area contributed by atoms with Crippen LogP contribution >= 0.6 is 0 Å². The van der Waals surface area contributed by atoms with Gasteiger partial charge in [-0.1, -0.05) is 19.8 Å². The molecule has 0 heterocycles. The molecule has 3 unspecified atom stereocenters. The van der Waals surface area contributed by atoms with E-state index >= 15 is 0 Å². The zero-order valence-corrected chi connectivity index (χ0v) is 10.8. The van der Waals surface area contributed by atoms with Crippen LogP contribution in [0.1, 0.15) is 45.4 Å². The van der Waals surface area contributed by atoms with Crippen LogP contribution in [-0.4, -0.2) is 32.5 Å². The molecule has 0 saturated heterocycles. The second-order valence-corrected chi connectivity index (χ2v) is 4.89. The van der Waals surface area contributed by atoms with Crippen molar-refractivity contribution in [3.63, 3.8) is 0 Å². The van der Waals surface area contributed by atoms with Gasteiger partial charge in [-0.2, -0.15) is 0 Å². The lowest BCUT2D eigenvalue weighted by Crippen LogP contribution is -2.42. The number of methoxy groups -OCH3 is 1. The molecule has 96 valence electrons. The Morgan fingerprint density at radius 2 is 2.06 bits per heavy atom. The molecule has 3 atom stereocenters. The van der Waals surface area contributed by atoms with Crippen molar-refractivity contribution in [1.29, 1.82) is 0 Å². The lowest BCUT2D eigenvalue weighted by Gasteiger charge is -2.34. The molecule has 1 rings (SSSR count). The normalized spacial score (nSPS) is 30.6. The van der Waals surface area contributed by atoms with E-state index in [0.717, 1.165) is 38.4 Å². The van der Waals surface area contributed by atoms with Crippen molar-refractivity contribution in [2.24, 2.45) is 11.7 Å². The fourth-order valence-corrected chi connectivity index (χ4v) is 2.54. The second kappa shape index (κ2) is 8.04. The Morgan fingerprint density at radius 1 is 1.25 bits per heavy atom. The third kappa shape index (κ3) is 4.81. The van der Waals surface area contributed by atoms with Gasteiger partial charge in [0.15, 0.2) is 0 Å². The predicted octanol–water partition coefficient (Wildman–Crippen LogP) is 2.34. The average molecular weight is 229 g/mol. The first kappa shape index (κ1) is 13.9. The summed E-state index contributed by atoms with van der Waals surface area (Å²) in [6.07, 6.45) is 7.41. The fraction of sp³-hybridized carbons (Fsp3) is 1.00. The van der Waals surface area contributed by atoms with Gasteiger partial charge in [-0.3, -0.25) is 0 Å². The van der Waals surface area contributed by atoms with Crippen molar-refractivity contribution in [2.75, 3.05) is 20.3 Å². The Labute approximate surface area is 99.7 Å². The molecule has 1 fully saturated rings. The molecule has 1 aliphatic carbocycles. The van der Waals surface area contributed by atoms with Gasteiger partial charge >= 0.3 is 0 Å². The minimum absolute atomic E-state index is 0.246. The van der Waals surface area contributed by atoms with Crippen molar-refractivity contribution >= 4 is 0 Å². The van der Waals surface area contributed by atoms with E-state index in [1.54, 1.807) is 7.11 Å². The molecule has 0 aromatic carbocycles. The molecule has 0 amide bonds. The van der Waals surface area contributed by atoms with Gasteiger partial charge < -0.3 is 15.2 Å². The number of hydrogen-bond donors (Lipinski definition) is 1. The van der Waals surface area contributed by atoms with E-state index in [1.807, 2.05) is 0 Å². The summed E-state index contributed by atoms with van der Waals surface area (Å²) in [5.41, 5.74) is 6.10. The maximum Gasteiger partial charge on any atom is 0.0728 e. The minimum atomic E-state index is 0.246. The highest BCUT2D eigenvalue weighted by Gasteiger charge is 2.27. The van der Waals surface area contributed by atoms with Crippen molar-refractivity contribution < 1.29 is 9.47 Å². The van der Waals surface area contributed by atoms with Crippen LogP contribution in [-0.2, 0) is 9.47 Å². The molecule has 0 aromatic rings. The van der Waals surface area contributed by atoms with Crippen LogP contribution < -0.4 is 5.73 Å². The molecule has 1 aliphatic rings. The number of rotatable bonds is 7. The molecule has 1 saturated carbocycles. The number of nitrogens with two attached hydrogens (primary N) is 1. The summed E-state index contributed by atoms with van der Waals surface area (Å²) >= 11 is 0. The molecule has 16 heavy (non-hydrogen) atoms. The van der Waals surface area contributed by atoms with E-state index in [0.29, 0.717) is 0 Å². The van der Waals surface area contributed by atoms with Gasteiger partial charge in [0.2, 0.25) is 0 Å². The van der Waals surface area contributed by atoms with Crippen LogP contribution in [0.25, 0.3) is 0 Å². The summed E-state index contributed by atoms with van der Waals surface area (Å²) in [6.45, 7) is 3.81. The Hall–Kier alpha value is -0.120. The van der Waals surface area contributed by atoms with E-state index in [1.165, 1.54) is 19.3 Å². The van der Waals surface area contributed by atoms with Crippen LogP contribution in [0.3, 0.4) is 0 Å². The lowest BCUT2D eigenvalue weighted by atomic mass is 9.82. The predicted molar refractivity (Wildman–Crippen MR) is 66.5 cm³/mol. The summed E-state index contributed by atoms with van der Waals surface area (Å²) in [4.78, 5) is 0. The smallest absolute Gasteiger partial charge is 0.0728 e. The van der Waals surface area contributed by atoms with Crippen LogP contribution in [0, 0.1) is 5.92 Å². The zero-order chi connectivity index (χ0) is 11.8. The van der Waals surface area contributed by atoms with Gasteiger partial charge in [-0.05, 0) is 31.6 Å². The summed E-state index contributed by atoms with van der Waals surface area (Å²) in [7, 11) is 1.73. The second-order valence-electron chi connectivity index (χ2n) is 4.89. The van der Waals surface area contributed by atoms with Crippen LogP contribution in [0.15, 0.2) is 0 Å². The topological polar surface area (TPSA) is 44.5 Å². The van der Waals surface area contributed by atoms with Crippen molar-refractivity contribution in [3.8, 4) is 0 Å². The lowest BCUT2D eigenvalue weighted by molar-refractivity contribution is -0.00859. The highest BCUT2D eigenvalue weighted by molar-refractivity contribution is 4.83. The minimum Gasteiger partial charge on any atom is -0.385 e. The Bertz CT molecular complexity index is 175. The van der Waals surface area contributed by atoms with Crippen molar-refractivity contribution in [2.45, 2.75) is 57.6 Å². The van der Waals surface area contributed by atoms with E-state index in [9.17, 15) is 0 Å². The summed E-state index contributed by atoms with van der Waals surface area (Å²) in [5.74, 6) is 0.831. The maximum absolute atomic E-state index is 6.10. The average Bonchev–Trinajstić information content (AvgIpc) is 2.29. The van der Waals surface area contributed by atoms with Gasteiger partial charge in [0.05, 0.1) is 6.10 Å². The van der Waals surface area contributed by atoms with Crippen molar-refractivity contribution in [3.05, 3.63) is 0 Å². The number of hydrogen-bond acceptors (Lipinski definition) is 3. The summed E-state index contributed by atoms with van der Waals surface area (Å²) in [5, 5.41) is 0.